The molecule has 2 unspecified atom stereocenters. The van der Waals surface area contributed by atoms with Crippen LogP contribution in [-0.2, 0) is 16.0 Å². The van der Waals surface area contributed by atoms with Gasteiger partial charge in [-0.2, -0.15) is 5.10 Å². The summed E-state index contributed by atoms with van der Waals surface area (Å²) in [5, 5.41) is 14.2. The van der Waals surface area contributed by atoms with Crippen LogP contribution in [0.4, 0.5) is 0 Å². The van der Waals surface area contributed by atoms with Crippen LogP contribution in [-0.4, -0.2) is 27.6 Å². The summed E-state index contributed by atoms with van der Waals surface area (Å²) in [6, 6.07) is 19.9. The van der Waals surface area contributed by atoms with Gasteiger partial charge in [-0.15, -0.1) is 0 Å². The maximum absolute atomic E-state index is 13.0. The molecule has 1 saturated heterocycles. The highest BCUT2D eigenvalue weighted by Gasteiger charge is 2.27. The molecule has 2 amide bonds. The van der Waals surface area contributed by atoms with Crippen LogP contribution in [0.5, 0.6) is 0 Å². The first-order valence-electron chi connectivity index (χ1n) is 11.4. The van der Waals surface area contributed by atoms with E-state index in [0.717, 1.165) is 28.1 Å². The molecule has 0 bridgehead atoms. The number of aromatic nitrogens is 2. The summed E-state index contributed by atoms with van der Waals surface area (Å²) < 4.78 is 1.81. The van der Waals surface area contributed by atoms with Crippen molar-refractivity contribution >= 4 is 11.8 Å². The summed E-state index contributed by atoms with van der Waals surface area (Å²) in [6.45, 7) is 5.91. The molecule has 172 valence electrons. The largest absolute Gasteiger partial charge is 0.345 e. The minimum atomic E-state index is -0.372. The van der Waals surface area contributed by atoms with Crippen molar-refractivity contribution in [2.45, 2.75) is 58.4 Å². The van der Waals surface area contributed by atoms with E-state index in [4.69, 9.17) is 0 Å². The molecule has 0 spiro atoms. The van der Waals surface area contributed by atoms with Gasteiger partial charge in [-0.1, -0.05) is 60.7 Å². The Morgan fingerprint density at radius 1 is 1.09 bits per heavy atom. The van der Waals surface area contributed by atoms with Crippen LogP contribution in [0, 0.1) is 13.8 Å². The van der Waals surface area contributed by atoms with Crippen molar-refractivity contribution in [3.63, 3.8) is 0 Å². The van der Waals surface area contributed by atoms with Gasteiger partial charge in [0, 0.05) is 24.6 Å². The molecular weight excluding hydrogens is 414 g/mol. The van der Waals surface area contributed by atoms with Gasteiger partial charge in [-0.3, -0.25) is 14.9 Å². The highest BCUT2D eigenvalue weighted by atomic mass is 16.2. The highest BCUT2D eigenvalue weighted by molar-refractivity contribution is 5.78. The number of rotatable bonds is 7. The van der Waals surface area contributed by atoms with Crippen molar-refractivity contribution in [1.82, 2.24) is 25.7 Å². The number of hydrogen-bond donors (Lipinski definition) is 3. The Morgan fingerprint density at radius 3 is 2.27 bits per heavy atom. The quantitative estimate of drug-likeness (QED) is 0.521. The molecular formula is C26H31N5O2. The lowest BCUT2D eigenvalue weighted by Crippen LogP contribution is -2.52. The van der Waals surface area contributed by atoms with Crippen molar-refractivity contribution in [3.05, 3.63) is 88.7 Å². The summed E-state index contributed by atoms with van der Waals surface area (Å²) in [6.07, 6.45) is 1.01. The first-order valence-corrected chi connectivity index (χ1v) is 11.4. The van der Waals surface area contributed by atoms with Gasteiger partial charge >= 0.3 is 0 Å². The molecule has 3 aromatic rings. The van der Waals surface area contributed by atoms with Crippen LogP contribution in [0.25, 0.3) is 0 Å². The Bertz CT molecular complexity index is 1070. The fraction of sp³-hybridized carbons (Fsp3) is 0.346. The molecule has 7 heteroatoms. The van der Waals surface area contributed by atoms with Gasteiger partial charge in [0.1, 0.15) is 0 Å². The van der Waals surface area contributed by atoms with E-state index in [1.807, 2.05) is 86.1 Å². The van der Waals surface area contributed by atoms with Crippen LogP contribution in [0.3, 0.4) is 0 Å². The second-order valence-corrected chi connectivity index (χ2v) is 8.66. The molecule has 4 rings (SSSR count). The highest BCUT2D eigenvalue weighted by Crippen LogP contribution is 2.23. The van der Waals surface area contributed by atoms with E-state index in [9.17, 15) is 9.59 Å². The van der Waals surface area contributed by atoms with Gasteiger partial charge in [-0.05, 0) is 43.9 Å². The number of aryl methyl sites for hydroxylation is 1. The maximum atomic E-state index is 13.0. The van der Waals surface area contributed by atoms with E-state index >= 15 is 0 Å². The third-order valence-corrected chi connectivity index (χ3v) is 6.12. The fourth-order valence-electron chi connectivity index (χ4n) is 4.42. The first-order chi connectivity index (χ1) is 15.9. The Hall–Kier alpha value is -3.45. The summed E-state index contributed by atoms with van der Waals surface area (Å²) in [7, 11) is 0. The lowest BCUT2D eigenvalue weighted by atomic mass is 9.98. The van der Waals surface area contributed by atoms with Gasteiger partial charge in [0.15, 0.2) is 6.29 Å². The minimum Gasteiger partial charge on any atom is -0.345 e. The number of carbonyl (C=O) groups excluding carboxylic acids is 2. The summed E-state index contributed by atoms with van der Waals surface area (Å²) >= 11 is 0. The van der Waals surface area contributed by atoms with E-state index in [0.29, 0.717) is 19.3 Å². The van der Waals surface area contributed by atoms with Crippen molar-refractivity contribution < 1.29 is 9.59 Å². The summed E-state index contributed by atoms with van der Waals surface area (Å²) in [5.74, 6) is -0.00966. The number of amides is 2. The van der Waals surface area contributed by atoms with Crippen LogP contribution < -0.4 is 16.0 Å². The van der Waals surface area contributed by atoms with Gasteiger partial charge in [0.05, 0.1) is 11.7 Å². The topological polar surface area (TPSA) is 88.1 Å². The molecule has 3 N–H and O–H groups in total. The molecule has 1 aliphatic heterocycles. The Morgan fingerprint density at radius 2 is 1.70 bits per heavy atom. The lowest BCUT2D eigenvalue weighted by Gasteiger charge is -2.30. The Kier molecular flexibility index (Phi) is 6.89. The standard InChI is InChI=1S/C26H31N5O2/c1-17-16-24(33)29-26(27-17)31-19(3)22(18(2)30-31)14-15-23(32)28-25(20-10-6-4-7-11-20)21-12-8-5-9-13-21/h4-13,17,25-27H,14-16H2,1-3H3,(H,28,32)(H,29,33). The monoisotopic (exact) mass is 445 g/mol. The molecule has 33 heavy (non-hydrogen) atoms. The average Bonchev–Trinajstić information content (AvgIpc) is 3.10. The van der Waals surface area contributed by atoms with Crippen LogP contribution in [0.1, 0.15) is 60.2 Å². The molecule has 1 aliphatic rings. The van der Waals surface area contributed by atoms with Crippen molar-refractivity contribution in [2.75, 3.05) is 0 Å². The molecule has 0 aliphatic carbocycles. The molecule has 7 nitrogen and oxygen atoms in total. The average molecular weight is 446 g/mol. The SMILES string of the molecule is Cc1nn(C2NC(=O)CC(C)N2)c(C)c1CCC(=O)NC(c1ccccc1)c1ccccc1. The van der Waals surface area contributed by atoms with Crippen LogP contribution >= 0.6 is 0 Å². The van der Waals surface area contributed by atoms with Crippen LogP contribution in [0.15, 0.2) is 60.7 Å². The Balaban J connectivity index is 1.46. The van der Waals surface area contributed by atoms with E-state index < -0.39 is 0 Å². The molecule has 1 fully saturated rings. The third-order valence-electron chi connectivity index (χ3n) is 6.12. The predicted octanol–water partition coefficient (Wildman–Crippen LogP) is 3.29. The van der Waals surface area contributed by atoms with Crippen LogP contribution in [0.2, 0.25) is 0 Å². The summed E-state index contributed by atoms with van der Waals surface area (Å²) in [5.41, 5.74) is 4.96. The smallest absolute Gasteiger partial charge is 0.224 e. The molecule has 2 atom stereocenters. The molecule has 1 aromatic heterocycles. The first kappa shape index (κ1) is 22.7. The zero-order valence-corrected chi connectivity index (χ0v) is 19.3. The number of carbonyl (C=O) groups is 2. The fourth-order valence-corrected chi connectivity index (χ4v) is 4.42. The number of nitrogens with zero attached hydrogens (tertiary/aromatic N) is 2. The second kappa shape index (κ2) is 10.0. The molecule has 2 aromatic carbocycles. The van der Waals surface area contributed by atoms with E-state index in [2.05, 4.69) is 21.0 Å². The zero-order chi connectivity index (χ0) is 23.4. The van der Waals surface area contributed by atoms with Crippen molar-refractivity contribution in [3.8, 4) is 0 Å². The van der Waals surface area contributed by atoms with Gasteiger partial charge in [-0.25, -0.2) is 4.68 Å². The normalized spacial score (nSPS) is 18.2. The van der Waals surface area contributed by atoms with E-state index in [1.54, 1.807) is 0 Å². The molecule has 0 radical (unpaired) electrons. The lowest BCUT2D eigenvalue weighted by molar-refractivity contribution is -0.125. The zero-order valence-electron chi connectivity index (χ0n) is 19.3. The predicted molar refractivity (Wildman–Crippen MR) is 127 cm³/mol. The third kappa shape index (κ3) is 5.31. The Labute approximate surface area is 194 Å². The number of hydrogen-bond acceptors (Lipinski definition) is 4. The minimum absolute atomic E-state index is 0.00703. The maximum Gasteiger partial charge on any atom is 0.224 e. The van der Waals surface area contributed by atoms with E-state index in [1.165, 1.54) is 0 Å². The van der Waals surface area contributed by atoms with Gasteiger partial charge < -0.3 is 10.6 Å². The number of nitrogens with one attached hydrogen (secondary N) is 3. The van der Waals surface area contributed by atoms with Gasteiger partial charge in [0.25, 0.3) is 0 Å². The second-order valence-electron chi connectivity index (χ2n) is 8.66. The number of benzene rings is 2. The van der Waals surface area contributed by atoms with Crippen molar-refractivity contribution in [2.24, 2.45) is 0 Å². The molecule has 2 heterocycles. The van der Waals surface area contributed by atoms with Crippen molar-refractivity contribution in [1.29, 1.82) is 0 Å². The van der Waals surface area contributed by atoms with E-state index in [-0.39, 0.29) is 30.2 Å². The summed E-state index contributed by atoms with van der Waals surface area (Å²) in [4.78, 5) is 24.9. The molecule has 0 saturated carbocycles. The van der Waals surface area contributed by atoms with Gasteiger partial charge in [0.2, 0.25) is 11.8 Å².